The molecule has 0 fully saturated rings. The molecule has 1 N–H and O–H groups in total. The normalized spacial score (nSPS) is 18.9. The van der Waals surface area contributed by atoms with Crippen LogP contribution >= 0.6 is 0 Å². The van der Waals surface area contributed by atoms with Crippen LogP contribution in [0.2, 0.25) is 0 Å². The van der Waals surface area contributed by atoms with Crippen molar-refractivity contribution in [2.75, 3.05) is 38.4 Å². The molecule has 0 saturated heterocycles. The molecular weight excluding hydrogens is 456 g/mol. The molecule has 3 heterocycles. The lowest BCUT2D eigenvalue weighted by atomic mass is 9.93. The maximum absolute atomic E-state index is 13.8. The van der Waals surface area contributed by atoms with E-state index in [1.807, 2.05) is 13.8 Å². The second-order valence-corrected chi connectivity index (χ2v) is 8.83. The molecular formula is C24H30N4O7. The van der Waals surface area contributed by atoms with Gasteiger partial charge in [0.2, 0.25) is 5.91 Å². The average molecular weight is 487 g/mol. The third kappa shape index (κ3) is 4.68. The summed E-state index contributed by atoms with van der Waals surface area (Å²) in [5, 5.41) is 2.93. The number of carbonyl (C=O) groups excluding carboxylic acids is 3. The first-order valence-electron chi connectivity index (χ1n) is 11.5. The smallest absolute Gasteiger partial charge is 0.359 e. The van der Waals surface area contributed by atoms with Crippen LogP contribution in [0.15, 0.2) is 24.5 Å². The van der Waals surface area contributed by atoms with Gasteiger partial charge in [-0.1, -0.05) is 0 Å². The number of amides is 2. The summed E-state index contributed by atoms with van der Waals surface area (Å²) < 4.78 is 23.2. The molecule has 1 aromatic heterocycles. The second-order valence-electron chi connectivity index (χ2n) is 8.83. The predicted octanol–water partition coefficient (Wildman–Crippen LogP) is 1.79. The Morgan fingerprint density at radius 1 is 1.23 bits per heavy atom. The van der Waals surface area contributed by atoms with Gasteiger partial charge in [-0.05, 0) is 39.3 Å². The minimum absolute atomic E-state index is 0.0577. The van der Waals surface area contributed by atoms with Crippen LogP contribution in [0, 0.1) is 0 Å². The summed E-state index contributed by atoms with van der Waals surface area (Å²) in [4.78, 5) is 45.1. The van der Waals surface area contributed by atoms with Crippen LogP contribution in [0.4, 0.5) is 5.69 Å². The van der Waals surface area contributed by atoms with E-state index < -0.39 is 17.4 Å². The highest BCUT2D eigenvalue weighted by molar-refractivity contribution is 6.15. The van der Waals surface area contributed by atoms with Gasteiger partial charge in [0.15, 0.2) is 17.2 Å². The van der Waals surface area contributed by atoms with Crippen LogP contribution in [-0.2, 0) is 20.8 Å². The summed E-state index contributed by atoms with van der Waals surface area (Å²) in [6.45, 7) is 7.36. The molecule has 0 unspecified atom stereocenters. The predicted molar refractivity (Wildman–Crippen MR) is 125 cm³/mol. The standard InChI is InChI=1S/C24H30N4O7/c1-15(2)33-9-5-8-25-23(31)24(3)13-27-14-26-19(22(30)32-4)20(27)21(29)28(24)16-6-7-17-18(12-16)35-11-10-34-17/h6-7,12,14-15H,5,8-11,13H2,1-4H3,(H,25,31)/t24-/m0/s1. The zero-order chi connectivity index (χ0) is 25.2. The van der Waals surface area contributed by atoms with Crippen LogP contribution < -0.4 is 19.7 Å². The Morgan fingerprint density at radius 3 is 2.69 bits per heavy atom. The van der Waals surface area contributed by atoms with E-state index in [0.717, 1.165) is 0 Å². The van der Waals surface area contributed by atoms with E-state index in [4.69, 9.17) is 18.9 Å². The van der Waals surface area contributed by atoms with Gasteiger partial charge in [0.1, 0.15) is 24.4 Å². The van der Waals surface area contributed by atoms with Gasteiger partial charge in [-0.3, -0.25) is 14.5 Å². The number of esters is 1. The number of benzene rings is 1. The lowest BCUT2D eigenvalue weighted by Crippen LogP contribution is -2.64. The van der Waals surface area contributed by atoms with Gasteiger partial charge in [-0.15, -0.1) is 0 Å². The van der Waals surface area contributed by atoms with E-state index in [2.05, 4.69) is 10.3 Å². The largest absolute Gasteiger partial charge is 0.486 e. The topological polar surface area (TPSA) is 121 Å². The highest BCUT2D eigenvalue weighted by Crippen LogP contribution is 2.39. The Kier molecular flexibility index (Phi) is 6.97. The highest BCUT2D eigenvalue weighted by Gasteiger charge is 2.50. The van der Waals surface area contributed by atoms with Crippen LogP contribution in [0.1, 0.15) is 48.2 Å². The van der Waals surface area contributed by atoms with Crippen molar-refractivity contribution >= 4 is 23.5 Å². The molecule has 4 rings (SSSR count). The number of hydrogen-bond acceptors (Lipinski definition) is 8. The third-order valence-corrected chi connectivity index (χ3v) is 5.92. The third-order valence-electron chi connectivity index (χ3n) is 5.92. The lowest BCUT2D eigenvalue weighted by Gasteiger charge is -2.43. The van der Waals surface area contributed by atoms with Crippen molar-refractivity contribution in [1.29, 1.82) is 0 Å². The second kappa shape index (κ2) is 9.95. The maximum atomic E-state index is 13.8. The molecule has 2 aliphatic heterocycles. The van der Waals surface area contributed by atoms with E-state index in [0.29, 0.717) is 50.0 Å². The minimum Gasteiger partial charge on any atom is -0.486 e. The summed E-state index contributed by atoms with van der Waals surface area (Å²) >= 11 is 0. The van der Waals surface area contributed by atoms with Crippen molar-refractivity contribution in [3.8, 4) is 11.5 Å². The Morgan fingerprint density at radius 2 is 1.97 bits per heavy atom. The average Bonchev–Trinajstić information content (AvgIpc) is 3.26. The van der Waals surface area contributed by atoms with Crippen molar-refractivity contribution in [2.24, 2.45) is 0 Å². The molecule has 0 saturated carbocycles. The monoisotopic (exact) mass is 486 g/mol. The Bertz CT molecular complexity index is 1130. The molecule has 0 aliphatic carbocycles. The molecule has 2 aromatic rings. The zero-order valence-electron chi connectivity index (χ0n) is 20.3. The molecule has 1 atom stereocenters. The fourth-order valence-electron chi connectivity index (χ4n) is 4.24. The number of hydrogen-bond donors (Lipinski definition) is 1. The van der Waals surface area contributed by atoms with Crippen molar-refractivity contribution in [1.82, 2.24) is 14.9 Å². The summed E-state index contributed by atoms with van der Waals surface area (Å²) in [6.07, 6.45) is 2.11. The number of nitrogens with one attached hydrogen (secondary N) is 1. The Balaban J connectivity index is 1.69. The van der Waals surface area contributed by atoms with Crippen LogP contribution in [0.5, 0.6) is 11.5 Å². The van der Waals surface area contributed by atoms with E-state index >= 15 is 0 Å². The fourth-order valence-corrected chi connectivity index (χ4v) is 4.24. The van der Waals surface area contributed by atoms with Crippen molar-refractivity contribution in [3.63, 3.8) is 0 Å². The number of fused-ring (bicyclic) bond motifs is 2. The van der Waals surface area contributed by atoms with Gasteiger partial charge in [0.05, 0.1) is 26.1 Å². The van der Waals surface area contributed by atoms with Gasteiger partial charge in [0.25, 0.3) is 5.91 Å². The molecule has 2 amide bonds. The molecule has 1 aromatic carbocycles. The number of rotatable bonds is 8. The number of ether oxygens (including phenoxy) is 4. The molecule has 11 heteroatoms. The summed E-state index contributed by atoms with van der Waals surface area (Å²) in [5.74, 6) is -0.591. The van der Waals surface area contributed by atoms with Gasteiger partial charge in [0, 0.05) is 24.9 Å². The number of imidazole rings is 1. The molecule has 0 radical (unpaired) electrons. The quantitative estimate of drug-likeness (QED) is 0.443. The number of nitrogens with zero attached hydrogens (tertiary/aromatic N) is 3. The zero-order valence-corrected chi connectivity index (χ0v) is 20.3. The van der Waals surface area contributed by atoms with Crippen molar-refractivity contribution in [3.05, 3.63) is 35.9 Å². The van der Waals surface area contributed by atoms with Crippen LogP contribution in [0.3, 0.4) is 0 Å². The fraction of sp³-hybridized carbons (Fsp3) is 0.500. The first-order valence-corrected chi connectivity index (χ1v) is 11.5. The first-order chi connectivity index (χ1) is 16.8. The van der Waals surface area contributed by atoms with Gasteiger partial charge >= 0.3 is 5.97 Å². The highest BCUT2D eigenvalue weighted by atomic mass is 16.6. The minimum atomic E-state index is -1.32. The maximum Gasteiger partial charge on any atom is 0.359 e. The van der Waals surface area contributed by atoms with Crippen LogP contribution in [-0.4, -0.2) is 72.5 Å². The lowest BCUT2D eigenvalue weighted by molar-refractivity contribution is -0.126. The number of aromatic nitrogens is 2. The number of methoxy groups -OCH3 is 1. The van der Waals surface area contributed by atoms with E-state index in [1.165, 1.54) is 22.9 Å². The molecule has 2 aliphatic rings. The van der Waals surface area contributed by atoms with Gasteiger partial charge < -0.3 is 28.8 Å². The summed E-state index contributed by atoms with van der Waals surface area (Å²) in [7, 11) is 1.22. The van der Waals surface area contributed by atoms with Crippen molar-refractivity contribution in [2.45, 2.75) is 45.4 Å². The van der Waals surface area contributed by atoms with Gasteiger partial charge in [-0.2, -0.15) is 0 Å². The SMILES string of the molecule is COC(=O)c1ncn2c1C(=O)N(c1ccc3c(c1)OCCO3)[C@](C)(C(=O)NCCCOC(C)C)C2. The molecule has 11 nitrogen and oxygen atoms in total. The van der Waals surface area contributed by atoms with E-state index in [9.17, 15) is 14.4 Å². The van der Waals surface area contributed by atoms with E-state index in [-0.39, 0.29) is 29.9 Å². The van der Waals surface area contributed by atoms with Crippen molar-refractivity contribution < 1.29 is 33.3 Å². The summed E-state index contributed by atoms with van der Waals surface area (Å²) in [5.41, 5.74) is -0.931. The Hall–Kier alpha value is -3.60. The van der Waals surface area contributed by atoms with Crippen LogP contribution in [0.25, 0.3) is 0 Å². The molecule has 0 spiro atoms. The molecule has 0 bridgehead atoms. The van der Waals surface area contributed by atoms with E-state index in [1.54, 1.807) is 25.1 Å². The number of anilines is 1. The molecule has 188 valence electrons. The Labute approximate surface area is 203 Å². The molecule has 35 heavy (non-hydrogen) atoms. The summed E-state index contributed by atoms with van der Waals surface area (Å²) in [6, 6.07) is 5.06. The van der Waals surface area contributed by atoms with Gasteiger partial charge in [-0.25, -0.2) is 9.78 Å². The first kappa shape index (κ1) is 24.5. The number of carbonyl (C=O) groups is 3.